The van der Waals surface area contributed by atoms with E-state index < -0.39 is 23.8 Å². The van der Waals surface area contributed by atoms with Crippen LogP contribution in [0.3, 0.4) is 0 Å². The number of hydrogen-bond donors (Lipinski definition) is 0. The highest BCUT2D eigenvalue weighted by Gasteiger charge is 2.32. The van der Waals surface area contributed by atoms with E-state index in [1.165, 1.54) is 20.1 Å². The summed E-state index contributed by atoms with van der Waals surface area (Å²) in [5, 5.41) is 0. The van der Waals surface area contributed by atoms with Crippen molar-refractivity contribution in [2.75, 3.05) is 7.11 Å². The quantitative estimate of drug-likeness (QED) is 0.736. The number of alkyl halides is 3. The van der Waals surface area contributed by atoms with Gasteiger partial charge >= 0.3 is 12.1 Å². The van der Waals surface area contributed by atoms with Crippen molar-refractivity contribution < 1.29 is 22.7 Å². The molecule has 1 aromatic heterocycles. The number of nitrogens with zero attached hydrogens (tertiary/aromatic N) is 1. The van der Waals surface area contributed by atoms with Crippen LogP contribution in [-0.2, 0) is 15.7 Å². The molecule has 0 saturated heterocycles. The van der Waals surface area contributed by atoms with Crippen LogP contribution in [-0.4, -0.2) is 18.1 Å². The van der Waals surface area contributed by atoms with Gasteiger partial charge < -0.3 is 4.74 Å². The molecule has 6 heteroatoms. The van der Waals surface area contributed by atoms with E-state index in [0.29, 0.717) is 5.56 Å². The number of ether oxygens (including phenoxy) is 1. The van der Waals surface area contributed by atoms with Gasteiger partial charge in [0.15, 0.2) is 0 Å². The van der Waals surface area contributed by atoms with Crippen LogP contribution < -0.4 is 0 Å². The number of rotatable bonds is 2. The molecule has 1 atom stereocenters. The van der Waals surface area contributed by atoms with E-state index in [9.17, 15) is 18.0 Å². The van der Waals surface area contributed by atoms with Crippen molar-refractivity contribution in [3.8, 4) is 0 Å². The van der Waals surface area contributed by atoms with Crippen molar-refractivity contribution in [2.45, 2.75) is 19.0 Å². The Morgan fingerprint density at radius 3 is 2.44 bits per heavy atom. The third kappa shape index (κ3) is 2.71. The summed E-state index contributed by atoms with van der Waals surface area (Å²) in [6.45, 7) is 1.54. The van der Waals surface area contributed by atoms with Crippen molar-refractivity contribution in [1.82, 2.24) is 4.98 Å². The second-order valence-corrected chi connectivity index (χ2v) is 3.22. The van der Waals surface area contributed by atoms with Gasteiger partial charge in [-0.2, -0.15) is 13.2 Å². The standard InChI is InChI=1S/C10H10F3NO2/c1-6(9(15)16-2)7-3-4-8(14-5-7)10(11,12)13/h3-6H,1-2H3. The average Bonchev–Trinajstić information content (AvgIpc) is 2.26. The van der Waals surface area contributed by atoms with Crippen molar-refractivity contribution in [2.24, 2.45) is 0 Å². The first-order valence-electron chi connectivity index (χ1n) is 4.47. The smallest absolute Gasteiger partial charge is 0.433 e. The molecule has 3 nitrogen and oxygen atoms in total. The first-order chi connectivity index (χ1) is 7.36. The molecule has 0 radical (unpaired) electrons. The fourth-order valence-electron chi connectivity index (χ4n) is 1.14. The maximum atomic E-state index is 12.2. The number of hydrogen-bond acceptors (Lipinski definition) is 3. The van der Waals surface area contributed by atoms with Crippen LogP contribution in [0.4, 0.5) is 13.2 Å². The van der Waals surface area contributed by atoms with Crippen LogP contribution in [0.1, 0.15) is 24.1 Å². The topological polar surface area (TPSA) is 39.2 Å². The van der Waals surface area contributed by atoms with Gasteiger partial charge in [-0.05, 0) is 18.6 Å². The maximum absolute atomic E-state index is 12.2. The Labute approximate surface area is 90.2 Å². The summed E-state index contributed by atoms with van der Waals surface area (Å²) in [6.07, 6.45) is -3.43. The molecular weight excluding hydrogens is 223 g/mol. The van der Waals surface area contributed by atoms with Crippen LogP contribution in [0, 0.1) is 0 Å². The second kappa shape index (κ2) is 4.51. The van der Waals surface area contributed by atoms with Crippen molar-refractivity contribution in [3.63, 3.8) is 0 Å². The molecule has 1 heterocycles. The molecule has 1 unspecified atom stereocenters. The van der Waals surface area contributed by atoms with Crippen molar-refractivity contribution in [1.29, 1.82) is 0 Å². The fraction of sp³-hybridized carbons (Fsp3) is 0.400. The van der Waals surface area contributed by atoms with Gasteiger partial charge in [-0.15, -0.1) is 0 Å². The van der Waals surface area contributed by atoms with Gasteiger partial charge in [0.25, 0.3) is 0 Å². The number of aromatic nitrogens is 1. The van der Waals surface area contributed by atoms with E-state index in [4.69, 9.17) is 0 Å². The molecule has 0 bridgehead atoms. The summed E-state index contributed by atoms with van der Waals surface area (Å²) in [4.78, 5) is 14.4. The Bertz CT molecular complexity index is 373. The summed E-state index contributed by atoms with van der Waals surface area (Å²) in [5.74, 6) is -1.14. The Morgan fingerprint density at radius 1 is 1.44 bits per heavy atom. The van der Waals surface area contributed by atoms with E-state index >= 15 is 0 Å². The summed E-state index contributed by atoms with van der Waals surface area (Å²) in [7, 11) is 1.22. The van der Waals surface area contributed by atoms with Crippen LogP contribution in [0.25, 0.3) is 0 Å². The molecule has 1 rings (SSSR count). The van der Waals surface area contributed by atoms with Gasteiger partial charge in [-0.25, -0.2) is 0 Å². The minimum absolute atomic E-state index is 0.389. The lowest BCUT2D eigenvalue weighted by Crippen LogP contribution is -2.13. The van der Waals surface area contributed by atoms with E-state index in [-0.39, 0.29) is 0 Å². The molecular formula is C10H10F3NO2. The molecule has 0 spiro atoms. The number of carbonyl (C=O) groups excluding carboxylic acids is 1. The predicted octanol–water partition coefficient (Wildman–Crippen LogP) is 2.38. The lowest BCUT2D eigenvalue weighted by atomic mass is 10.0. The number of carbonyl (C=O) groups is 1. The van der Waals surface area contributed by atoms with E-state index in [2.05, 4.69) is 9.72 Å². The first-order valence-corrected chi connectivity index (χ1v) is 4.47. The first kappa shape index (κ1) is 12.5. The molecule has 0 aromatic carbocycles. The zero-order valence-corrected chi connectivity index (χ0v) is 8.71. The Balaban J connectivity index is 2.91. The van der Waals surface area contributed by atoms with Gasteiger partial charge in [0.2, 0.25) is 0 Å². The summed E-state index contributed by atoms with van der Waals surface area (Å²) in [5.41, 5.74) is -0.590. The fourth-order valence-corrected chi connectivity index (χ4v) is 1.14. The monoisotopic (exact) mass is 233 g/mol. The highest BCUT2D eigenvalue weighted by atomic mass is 19.4. The number of esters is 1. The molecule has 0 amide bonds. The normalized spacial score (nSPS) is 13.3. The molecule has 0 saturated carbocycles. The summed E-state index contributed by atoms with van der Waals surface area (Å²) < 4.78 is 41.0. The predicted molar refractivity (Wildman–Crippen MR) is 49.7 cm³/mol. The second-order valence-electron chi connectivity index (χ2n) is 3.22. The van der Waals surface area contributed by atoms with Gasteiger partial charge in [0.1, 0.15) is 5.69 Å². The minimum Gasteiger partial charge on any atom is -0.469 e. The molecule has 0 aliphatic heterocycles. The number of pyridine rings is 1. The number of halogens is 3. The van der Waals surface area contributed by atoms with E-state index in [1.54, 1.807) is 0 Å². The zero-order valence-electron chi connectivity index (χ0n) is 8.71. The Kier molecular flexibility index (Phi) is 3.51. The van der Waals surface area contributed by atoms with E-state index in [1.807, 2.05) is 0 Å². The lowest BCUT2D eigenvalue weighted by Gasteiger charge is -2.10. The van der Waals surface area contributed by atoms with Crippen LogP contribution in [0.5, 0.6) is 0 Å². The average molecular weight is 233 g/mol. The SMILES string of the molecule is COC(=O)C(C)c1ccc(C(F)(F)F)nc1. The van der Waals surface area contributed by atoms with Crippen LogP contribution in [0.2, 0.25) is 0 Å². The summed E-state index contributed by atoms with van der Waals surface area (Å²) in [6, 6.07) is 2.06. The van der Waals surface area contributed by atoms with Gasteiger partial charge in [0.05, 0.1) is 13.0 Å². The van der Waals surface area contributed by atoms with Crippen molar-refractivity contribution >= 4 is 5.97 Å². The minimum atomic E-state index is -4.47. The highest BCUT2D eigenvalue weighted by molar-refractivity contribution is 5.77. The van der Waals surface area contributed by atoms with Gasteiger partial charge in [0, 0.05) is 6.20 Å². The van der Waals surface area contributed by atoms with Gasteiger partial charge in [-0.1, -0.05) is 6.07 Å². The number of methoxy groups -OCH3 is 1. The third-order valence-corrected chi connectivity index (χ3v) is 2.13. The zero-order chi connectivity index (χ0) is 12.3. The Hall–Kier alpha value is -1.59. The van der Waals surface area contributed by atoms with Crippen LogP contribution in [0.15, 0.2) is 18.3 Å². The summed E-state index contributed by atoms with van der Waals surface area (Å²) >= 11 is 0. The molecule has 88 valence electrons. The highest BCUT2D eigenvalue weighted by Crippen LogP contribution is 2.28. The largest absolute Gasteiger partial charge is 0.469 e. The molecule has 0 aliphatic rings. The molecule has 0 aliphatic carbocycles. The van der Waals surface area contributed by atoms with Crippen LogP contribution >= 0.6 is 0 Å². The molecule has 1 aromatic rings. The maximum Gasteiger partial charge on any atom is 0.433 e. The van der Waals surface area contributed by atoms with E-state index in [0.717, 1.165) is 12.3 Å². The lowest BCUT2D eigenvalue weighted by molar-refractivity contribution is -0.142. The molecule has 0 N–H and O–H groups in total. The van der Waals surface area contributed by atoms with Crippen molar-refractivity contribution in [3.05, 3.63) is 29.6 Å². The molecule has 16 heavy (non-hydrogen) atoms. The molecule has 0 fully saturated rings. The Morgan fingerprint density at radius 2 is 2.06 bits per heavy atom. The third-order valence-electron chi connectivity index (χ3n) is 2.13. The van der Waals surface area contributed by atoms with Gasteiger partial charge in [-0.3, -0.25) is 9.78 Å².